The quantitative estimate of drug-likeness (QED) is 0.500. The van der Waals surface area contributed by atoms with Crippen molar-refractivity contribution >= 4 is 16.9 Å². The molecular weight excluding hydrogens is 430 g/mol. The van der Waals surface area contributed by atoms with Crippen LogP contribution in [0.2, 0.25) is 0 Å². The lowest BCUT2D eigenvalue weighted by molar-refractivity contribution is -0.0731. The fourth-order valence-electron chi connectivity index (χ4n) is 4.48. The first-order chi connectivity index (χ1) is 16.2. The molecule has 0 N–H and O–H groups in total. The minimum atomic E-state index is -0.561. The lowest BCUT2D eigenvalue weighted by Crippen LogP contribution is -2.47. The van der Waals surface area contributed by atoms with Gasteiger partial charge in [0.25, 0.3) is 0 Å². The number of nitrogens with zero attached hydrogens (tertiary/aromatic N) is 3. The number of hydrogen-bond donors (Lipinski definition) is 0. The summed E-state index contributed by atoms with van der Waals surface area (Å²) in [5.41, 5.74) is 2.57. The Kier molecular flexibility index (Phi) is 7.42. The van der Waals surface area contributed by atoms with Crippen molar-refractivity contribution < 1.29 is 14.3 Å². The standard InChI is InChI=1S/C27H35N3O4/c1-5-33-26(32)23-18-30-11-7-9-21-16-20(17-22(24(21)30)25(23)31)8-6-10-28-12-14-29(15-13-28)19-34-27(2,3)4/h16-18H,5,7,9-15,19H2,1-4H3. The molecule has 0 unspecified atom stereocenters. The molecule has 1 aromatic heterocycles. The zero-order valence-electron chi connectivity index (χ0n) is 20.8. The highest BCUT2D eigenvalue weighted by Crippen LogP contribution is 2.25. The van der Waals surface area contributed by atoms with Gasteiger partial charge in [-0.25, -0.2) is 4.79 Å². The van der Waals surface area contributed by atoms with E-state index in [1.54, 1.807) is 13.1 Å². The number of ether oxygens (including phenoxy) is 2. The van der Waals surface area contributed by atoms with Gasteiger partial charge in [0.15, 0.2) is 0 Å². The monoisotopic (exact) mass is 465 g/mol. The van der Waals surface area contributed by atoms with Gasteiger partial charge in [-0.1, -0.05) is 11.8 Å². The maximum Gasteiger partial charge on any atom is 0.343 e. The van der Waals surface area contributed by atoms with Gasteiger partial charge in [-0.3, -0.25) is 14.6 Å². The molecule has 0 spiro atoms. The summed E-state index contributed by atoms with van der Waals surface area (Å²) in [7, 11) is 0. The number of aromatic nitrogens is 1. The fraction of sp³-hybridized carbons (Fsp3) is 0.556. The smallest absolute Gasteiger partial charge is 0.343 e. The topological polar surface area (TPSA) is 64.0 Å². The van der Waals surface area contributed by atoms with Crippen LogP contribution in [0.1, 0.15) is 55.6 Å². The third-order valence-electron chi connectivity index (χ3n) is 6.27. The summed E-state index contributed by atoms with van der Waals surface area (Å²) >= 11 is 0. The number of carbonyl (C=O) groups excluding carboxylic acids is 1. The largest absolute Gasteiger partial charge is 0.462 e. The number of piperazine rings is 1. The molecule has 1 fully saturated rings. The molecule has 1 aromatic carbocycles. The predicted molar refractivity (Wildman–Crippen MR) is 133 cm³/mol. The summed E-state index contributed by atoms with van der Waals surface area (Å²) in [4.78, 5) is 30.1. The Balaban J connectivity index is 1.48. The van der Waals surface area contributed by atoms with Gasteiger partial charge in [-0.05, 0) is 58.2 Å². The zero-order chi connectivity index (χ0) is 24.3. The van der Waals surface area contributed by atoms with Crippen molar-refractivity contribution in [2.24, 2.45) is 0 Å². The van der Waals surface area contributed by atoms with Gasteiger partial charge < -0.3 is 14.0 Å². The maximum atomic E-state index is 13.1. The van der Waals surface area contributed by atoms with E-state index in [2.05, 4.69) is 48.5 Å². The van der Waals surface area contributed by atoms with Gasteiger partial charge in [-0.2, -0.15) is 0 Å². The van der Waals surface area contributed by atoms with Gasteiger partial charge >= 0.3 is 5.97 Å². The molecule has 0 bridgehead atoms. The van der Waals surface area contributed by atoms with Crippen LogP contribution in [-0.4, -0.2) is 72.0 Å². The van der Waals surface area contributed by atoms with Crippen molar-refractivity contribution in [3.05, 3.63) is 45.2 Å². The summed E-state index contributed by atoms with van der Waals surface area (Å²) in [6.07, 6.45) is 3.53. The Morgan fingerprint density at radius 3 is 2.53 bits per heavy atom. The second kappa shape index (κ2) is 10.3. The van der Waals surface area contributed by atoms with E-state index in [9.17, 15) is 9.59 Å². The second-order valence-corrected chi connectivity index (χ2v) is 10.0. The molecule has 34 heavy (non-hydrogen) atoms. The lowest BCUT2D eigenvalue weighted by atomic mass is 9.97. The lowest BCUT2D eigenvalue weighted by Gasteiger charge is -2.35. The molecular formula is C27H35N3O4. The SMILES string of the molecule is CCOC(=O)c1cn2c3c(cc(C#CCN4CCN(COC(C)(C)C)CC4)cc3c1=O)CCC2. The Morgan fingerprint density at radius 2 is 1.82 bits per heavy atom. The summed E-state index contributed by atoms with van der Waals surface area (Å²) in [5.74, 6) is 6.00. The van der Waals surface area contributed by atoms with Gasteiger partial charge in [0.1, 0.15) is 5.56 Å². The molecule has 182 valence electrons. The van der Waals surface area contributed by atoms with Crippen LogP contribution < -0.4 is 5.43 Å². The number of pyridine rings is 1. The van der Waals surface area contributed by atoms with Gasteiger partial charge in [0.2, 0.25) is 5.43 Å². The van der Waals surface area contributed by atoms with E-state index in [1.165, 1.54) is 0 Å². The van der Waals surface area contributed by atoms with Crippen molar-refractivity contribution in [1.82, 2.24) is 14.4 Å². The first-order valence-corrected chi connectivity index (χ1v) is 12.2. The third-order valence-corrected chi connectivity index (χ3v) is 6.27. The molecule has 4 rings (SSSR count). The highest BCUT2D eigenvalue weighted by atomic mass is 16.5. The van der Waals surface area contributed by atoms with E-state index in [-0.39, 0.29) is 23.2 Å². The van der Waals surface area contributed by atoms with Crippen LogP contribution in [0.3, 0.4) is 0 Å². The minimum Gasteiger partial charge on any atom is -0.462 e. The Morgan fingerprint density at radius 1 is 1.09 bits per heavy atom. The zero-order valence-corrected chi connectivity index (χ0v) is 20.8. The van der Waals surface area contributed by atoms with Crippen LogP contribution in [0.15, 0.2) is 23.1 Å². The van der Waals surface area contributed by atoms with Crippen LogP contribution in [0.5, 0.6) is 0 Å². The number of esters is 1. The van der Waals surface area contributed by atoms with E-state index < -0.39 is 5.97 Å². The molecule has 2 aliphatic heterocycles. The van der Waals surface area contributed by atoms with Crippen molar-refractivity contribution in [3.8, 4) is 11.8 Å². The van der Waals surface area contributed by atoms with Crippen molar-refractivity contribution in [3.63, 3.8) is 0 Å². The summed E-state index contributed by atoms with van der Waals surface area (Å²) in [6, 6.07) is 3.93. The van der Waals surface area contributed by atoms with Crippen LogP contribution in [0.4, 0.5) is 0 Å². The molecule has 0 radical (unpaired) electrons. The number of carbonyl (C=O) groups is 1. The van der Waals surface area contributed by atoms with E-state index >= 15 is 0 Å². The number of hydrogen-bond acceptors (Lipinski definition) is 6. The molecule has 0 amide bonds. The highest BCUT2D eigenvalue weighted by molar-refractivity contribution is 5.95. The number of rotatable bonds is 5. The third kappa shape index (κ3) is 5.69. The Labute approximate surface area is 201 Å². The highest BCUT2D eigenvalue weighted by Gasteiger charge is 2.21. The first-order valence-electron chi connectivity index (χ1n) is 12.2. The van der Waals surface area contributed by atoms with E-state index in [0.29, 0.717) is 18.7 Å². The van der Waals surface area contributed by atoms with E-state index in [4.69, 9.17) is 9.47 Å². The first kappa shape index (κ1) is 24.5. The van der Waals surface area contributed by atoms with Crippen LogP contribution in [-0.2, 0) is 22.4 Å². The van der Waals surface area contributed by atoms with Crippen LogP contribution >= 0.6 is 0 Å². The molecule has 3 heterocycles. The van der Waals surface area contributed by atoms with Crippen LogP contribution in [0.25, 0.3) is 10.9 Å². The van der Waals surface area contributed by atoms with Crippen molar-refractivity contribution in [2.75, 3.05) is 46.1 Å². The summed E-state index contributed by atoms with van der Waals surface area (Å²) < 4.78 is 13.0. The molecule has 7 nitrogen and oxygen atoms in total. The van der Waals surface area contributed by atoms with E-state index in [1.807, 2.05) is 10.6 Å². The molecule has 1 saturated heterocycles. The molecule has 2 aliphatic rings. The normalized spacial score (nSPS) is 16.8. The van der Waals surface area contributed by atoms with Crippen LogP contribution in [0, 0.1) is 11.8 Å². The molecule has 0 aliphatic carbocycles. The fourth-order valence-corrected chi connectivity index (χ4v) is 4.48. The second-order valence-electron chi connectivity index (χ2n) is 10.0. The Bertz CT molecular complexity index is 1170. The number of benzene rings is 1. The summed E-state index contributed by atoms with van der Waals surface area (Å²) in [6.45, 7) is 14.2. The van der Waals surface area contributed by atoms with Crippen molar-refractivity contribution in [1.29, 1.82) is 0 Å². The average Bonchev–Trinajstić information content (AvgIpc) is 2.80. The number of aryl methyl sites for hydroxylation is 2. The molecule has 0 atom stereocenters. The summed E-state index contributed by atoms with van der Waals surface area (Å²) in [5, 5.41) is 0.555. The van der Waals surface area contributed by atoms with Crippen molar-refractivity contribution in [2.45, 2.75) is 52.7 Å². The minimum absolute atomic E-state index is 0.0978. The Hall–Kier alpha value is -2.66. The molecule has 2 aromatic rings. The maximum absolute atomic E-state index is 13.1. The van der Waals surface area contributed by atoms with Gasteiger partial charge in [0.05, 0.1) is 31.0 Å². The van der Waals surface area contributed by atoms with Gasteiger partial charge in [-0.15, -0.1) is 0 Å². The van der Waals surface area contributed by atoms with E-state index in [0.717, 1.165) is 62.2 Å². The molecule has 0 saturated carbocycles. The predicted octanol–water partition coefficient (Wildman–Crippen LogP) is 2.87. The molecule has 7 heteroatoms. The average molecular weight is 466 g/mol. The van der Waals surface area contributed by atoms with Gasteiger partial charge in [0, 0.05) is 49.9 Å².